The molecule has 0 aliphatic carbocycles. The third kappa shape index (κ3) is 4.78. The average Bonchev–Trinajstić information content (AvgIpc) is 2.38. The van der Waals surface area contributed by atoms with Gasteiger partial charge in [-0.25, -0.2) is 0 Å². The molecule has 0 heterocycles. The number of thioether (sulfide) groups is 1. The standard InChI is InChI=1S/C14H18O4S/c1-9-3-4-11(8-15)7-12(9)14(18)13(17)5-6-19-10(2)16/h3-4,7-8,13-14,17-18H,5-6H2,1-2H3. The Morgan fingerprint density at radius 2 is 2.11 bits per heavy atom. The first-order chi connectivity index (χ1) is 8.95. The first-order valence-electron chi connectivity index (χ1n) is 6.01. The second kappa shape index (κ2) is 7.43. The van der Waals surface area contributed by atoms with E-state index >= 15 is 0 Å². The molecule has 0 fully saturated rings. The van der Waals surface area contributed by atoms with Crippen LogP contribution < -0.4 is 0 Å². The van der Waals surface area contributed by atoms with E-state index < -0.39 is 12.2 Å². The van der Waals surface area contributed by atoms with Crippen LogP contribution in [-0.4, -0.2) is 33.5 Å². The Kier molecular flexibility index (Phi) is 6.21. The van der Waals surface area contributed by atoms with E-state index in [1.807, 2.05) is 6.92 Å². The van der Waals surface area contributed by atoms with Crippen molar-refractivity contribution in [2.45, 2.75) is 32.5 Å². The second-order valence-corrected chi connectivity index (χ2v) is 5.65. The third-order valence-electron chi connectivity index (χ3n) is 2.84. The van der Waals surface area contributed by atoms with Crippen molar-refractivity contribution in [2.75, 3.05) is 5.75 Å². The van der Waals surface area contributed by atoms with Crippen LogP contribution >= 0.6 is 11.8 Å². The molecule has 0 radical (unpaired) electrons. The molecule has 1 aromatic carbocycles. The van der Waals surface area contributed by atoms with Gasteiger partial charge < -0.3 is 10.2 Å². The lowest BCUT2D eigenvalue weighted by molar-refractivity contribution is -0.109. The van der Waals surface area contributed by atoms with Crippen molar-refractivity contribution in [3.05, 3.63) is 34.9 Å². The van der Waals surface area contributed by atoms with E-state index in [1.54, 1.807) is 18.2 Å². The predicted molar refractivity (Wildman–Crippen MR) is 75.3 cm³/mol. The Morgan fingerprint density at radius 1 is 1.42 bits per heavy atom. The van der Waals surface area contributed by atoms with Crippen LogP contribution in [0.25, 0.3) is 0 Å². The quantitative estimate of drug-likeness (QED) is 0.779. The minimum Gasteiger partial charge on any atom is -0.390 e. The number of aryl methyl sites for hydroxylation is 1. The zero-order valence-corrected chi connectivity index (χ0v) is 11.8. The van der Waals surface area contributed by atoms with Crippen LogP contribution in [0.1, 0.15) is 40.9 Å². The first-order valence-corrected chi connectivity index (χ1v) is 6.99. The fourth-order valence-corrected chi connectivity index (χ4v) is 2.39. The smallest absolute Gasteiger partial charge is 0.185 e. The molecule has 2 unspecified atom stereocenters. The molecule has 2 N–H and O–H groups in total. The maximum absolute atomic E-state index is 10.8. The summed E-state index contributed by atoms with van der Waals surface area (Å²) in [5.41, 5.74) is 1.83. The lowest BCUT2D eigenvalue weighted by Crippen LogP contribution is -2.20. The average molecular weight is 282 g/mol. The number of benzene rings is 1. The summed E-state index contributed by atoms with van der Waals surface area (Å²) in [6, 6.07) is 4.98. The zero-order chi connectivity index (χ0) is 14.4. The van der Waals surface area contributed by atoms with Gasteiger partial charge in [-0.15, -0.1) is 0 Å². The summed E-state index contributed by atoms with van der Waals surface area (Å²) in [6.07, 6.45) is -0.982. The van der Waals surface area contributed by atoms with Crippen molar-refractivity contribution < 1.29 is 19.8 Å². The number of carbonyl (C=O) groups is 2. The van der Waals surface area contributed by atoms with Crippen LogP contribution in [0, 0.1) is 6.92 Å². The fraction of sp³-hybridized carbons (Fsp3) is 0.429. The molecule has 1 aromatic rings. The molecule has 0 bridgehead atoms. The number of aliphatic hydroxyl groups is 2. The molecule has 5 heteroatoms. The molecule has 19 heavy (non-hydrogen) atoms. The highest BCUT2D eigenvalue weighted by atomic mass is 32.2. The van der Waals surface area contributed by atoms with Crippen molar-refractivity contribution in [3.8, 4) is 0 Å². The van der Waals surface area contributed by atoms with E-state index in [4.69, 9.17) is 0 Å². The minimum atomic E-state index is -1.05. The van der Waals surface area contributed by atoms with Crippen molar-refractivity contribution in [3.63, 3.8) is 0 Å². The van der Waals surface area contributed by atoms with Gasteiger partial charge in [-0.05, 0) is 30.5 Å². The van der Waals surface area contributed by atoms with E-state index in [-0.39, 0.29) is 5.12 Å². The molecular weight excluding hydrogens is 264 g/mol. The highest BCUT2D eigenvalue weighted by Gasteiger charge is 2.20. The van der Waals surface area contributed by atoms with Gasteiger partial charge in [0.15, 0.2) is 5.12 Å². The number of carbonyl (C=O) groups excluding carboxylic acids is 2. The fourth-order valence-electron chi connectivity index (χ4n) is 1.74. The summed E-state index contributed by atoms with van der Waals surface area (Å²) in [5, 5.41) is 20.0. The molecule has 0 saturated carbocycles. The van der Waals surface area contributed by atoms with Gasteiger partial charge in [0.2, 0.25) is 0 Å². The SMILES string of the molecule is CC(=O)SCCC(O)C(O)c1cc(C=O)ccc1C. The zero-order valence-electron chi connectivity index (χ0n) is 11.0. The number of aliphatic hydroxyl groups excluding tert-OH is 2. The largest absolute Gasteiger partial charge is 0.390 e. The van der Waals surface area contributed by atoms with Crippen LogP contribution in [0.5, 0.6) is 0 Å². The summed E-state index contributed by atoms with van der Waals surface area (Å²) >= 11 is 1.12. The van der Waals surface area contributed by atoms with Gasteiger partial charge in [0.25, 0.3) is 0 Å². The van der Waals surface area contributed by atoms with Gasteiger partial charge in [0.1, 0.15) is 12.4 Å². The van der Waals surface area contributed by atoms with Gasteiger partial charge in [-0.1, -0.05) is 23.9 Å². The van der Waals surface area contributed by atoms with Gasteiger partial charge in [-0.2, -0.15) is 0 Å². The van der Waals surface area contributed by atoms with Crippen LogP contribution in [-0.2, 0) is 4.79 Å². The van der Waals surface area contributed by atoms with Gasteiger partial charge in [-0.3, -0.25) is 9.59 Å². The number of aldehydes is 1. The molecule has 4 nitrogen and oxygen atoms in total. The Labute approximate surface area is 116 Å². The monoisotopic (exact) mass is 282 g/mol. The summed E-state index contributed by atoms with van der Waals surface area (Å²) in [6.45, 7) is 3.27. The highest BCUT2D eigenvalue weighted by Crippen LogP contribution is 2.24. The van der Waals surface area contributed by atoms with Crippen LogP contribution in [0.3, 0.4) is 0 Å². The number of hydrogen-bond acceptors (Lipinski definition) is 5. The lowest BCUT2D eigenvalue weighted by Gasteiger charge is -2.20. The van der Waals surface area contributed by atoms with Crippen LogP contribution in [0.15, 0.2) is 18.2 Å². The van der Waals surface area contributed by atoms with E-state index in [0.717, 1.165) is 17.3 Å². The number of hydrogen-bond donors (Lipinski definition) is 2. The maximum Gasteiger partial charge on any atom is 0.185 e. The Balaban J connectivity index is 2.72. The lowest BCUT2D eigenvalue weighted by atomic mass is 9.96. The van der Waals surface area contributed by atoms with E-state index in [9.17, 15) is 19.8 Å². The highest BCUT2D eigenvalue weighted by molar-refractivity contribution is 8.13. The van der Waals surface area contributed by atoms with Crippen molar-refractivity contribution in [2.24, 2.45) is 0 Å². The van der Waals surface area contributed by atoms with E-state index in [2.05, 4.69) is 0 Å². The molecule has 0 saturated heterocycles. The molecule has 104 valence electrons. The van der Waals surface area contributed by atoms with Crippen LogP contribution in [0.4, 0.5) is 0 Å². The normalized spacial score (nSPS) is 13.9. The second-order valence-electron chi connectivity index (χ2n) is 4.37. The Hall–Kier alpha value is -1.17. The molecule has 0 spiro atoms. The summed E-state index contributed by atoms with van der Waals surface area (Å²) < 4.78 is 0. The molecule has 2 atom stereocenters. The molecule has 0 amide bonds. The third-order valence-corrected chi connectivity index (χ3v) is 3.69. The molecular formula is C14H18O4S. The van der Waals surface area contributed by atoms with Gasteiger partial charge in [0, 0.05) is 18.2 Å². The first kappa shape index (κ1) is 15.9. The summed E-state index contributed by atoms with van der Waals surface area (Å²) in [7, 11) is 0. The molecule has 0 aliphatic rings. The summed E-state index contributed by atoms with van der Waals surface area (Å²) in [4.78, 5) is 21.5. The van der Waals surface area contributed by atoms with E-state index in [1.165, 1.54) is 6.92 Å². The van der Waals surface area contributed by atoms with Crippen molar-refractivity contribution >= 4 is 23.2 Å². The van der Waals surface area contributed by atoms with Gasteiger partial charge >= 0.3 is 0 Å². The minimum absolute atomic E-state index is 0.0131. The van der Waals surface area contributed by atoms with E-state index in [0.29, 0.717) is 29.6 Å². The Bertz CT molecular complexity index is 459. The molecule has 1 rings (SSSR count). The summed E-state index contributed by atoms with van der Waals surface area (Å²) in [5.74, 6) is 0.458. The Morgan fingerprint density at radius 3 is 2.68 bits per heavy atom. The van der Waals surface area contributed by atoms with Gasteiger partial charge in [0.05, 0.1) is 6.10 Å². The van der Waals surface area contributed by atoms with Crippen LogP contribution in [0.2, 0.25) is 0 Å². The predicted octanol–water partition coefficient (Wildman–Crippen LogP) is 1.87. The number of rotatable bonds is 6. The molecule has 0 aliphatic heterocycles. The van der Waals surface area contributed by atoms with Crippen molar-refractivity contribution in [1.29, 1.82) is 0 Å². The van der Waals surface area contributed by atoms with Crippen molar-refractivity contribution in [1.82, 2.24) is 0 Å². The topological polar surface area (TPSA) is 74.6 Å². The maximum atomic E-state index is 10.8. The molecule has 0 aromatic heterocycles.